The number of unbranched alkanes of at least 4 members (excludes halogenated alkanes) is 18. The predicted molar refractivity (Wildman–Crippen MR) is 146 cm³/mol. The molecule has 0 unspecified atom stereocenters. The summed E-state index contributed by atoms with van der Waals surface area (Å²) in [5, 5.41) is 0. The smallest absolute Gasteiger partial charge is 0.0766 e. The summed E-state index contributed by atoms with van der Waals surface area (Å²) in [5.41, 5.74) is 0. The second kappa shape index (κ2) is 32.4. The van der Waals surface area contributed by atoms with Crippen LogP contribution >= 0.6 is 0 Å². The van der Waals surface area contributed by atoms with Crippen LogP contribution in [0.4, 0.5) is 0 Å². The van der Waals surface area contributed by atoms with Gasteiger partial charge in [0.15, 0.2) is 0 Å². The van der Waals surface area contributed by atoms with Gasteiger partial charge in [-0.25, -0.2) is 0 Å². The van der Waals surface area contributed by atoms with Crippen LogP contribution in [-0.2, 0) is 13.5 Å². The van der Waals surface area contributed by atoms with Crippen LogP contribution in [0, 0.1) is 0 Å². The predicted octanol–water partition coefficient (Wildman–Crippen LogP) is 6.10. The van der Waals surface area contributed by atoms with Crippen molar-refractivity contribution in [2.45, 2.75) is 142 Å². The highest BCUT2D eigenvalue weighted by Crippen LogP contribution is 2.10. The standard InChI is InChI=1S/2C14H31N.S/c2*1-4-5-6-7-8-9-10-11-12-13-14-15(2)3;/h2*4-14H2,1-3H3;/q;;-2/p+2. The second-order valence-corrected chi connectivity index (χ2v) is 10.3. The van der Waals surface area contributed by atoms with Gasteiger partial charge in [-0.15, -0.1) is 0 Å². The van der Waals surface area contributed by atoms with E-state index < -0.39 is 0 Å². The number of quaternary nitrogens is 2. The highest BCUT2D eigenvalue weighted by atomic mass is 32.1. The normalized spacial score (nSPS) is 10.8. The Bertz CT molecular complexity index is 254. The molecule has 3 heteroatoms. The van der Waals surface area contributed by atoms with E-state index in [1.165, 1.54) is 142 Å². The van der Waals surface area contributed by atoms with Crippen LogP contribution in [0.5, 0.6) is 0 Å². The number of nitrogens with one attached hydrogen (secondary N) is 2. The van der Waals surface area contributed by atoms with Crippen LogP contribution in [0.15, 0.2) is 0 Å². The highest BCUT2D eigenvalue weighted by Gasteiger charge is 1.96. The third-order valence-electron chi connectivity index (χ3n) is 6.06. The van der Waals surface area contributed by atoms with Gasteiger partial charge in [0.1, 0.15) is 0 Å². The molecule has 2 nitrogen and oxygen atoms in total. The van der Waals surface area contributed by atoms with Crippen LogP contribution in [0.25, 0.3) is 0 Å². The average molecular weight is 461 g/mol. The molecule has 0 bridgehead atoms. The van der Waals surface area contributed by atoms with Gasteiger partial charge in [-0.1, -0.05) is 117 Å². The molecule has 0 aromatic heterocycles. The van der Waals surface area contributed by atoms with E-state index in [1.54, 1.807) is 9.80 Å². The Kier molecular flexibility index (Phi) is 37.5. The lowest BCUT2D eigenvalue weighted by Gasteiger charge is -2.06. The molecule has 0 rings (SSSR count). The van der Waals surface area contributed by atoms with E-state index in [0.717, 1.165) is 0 Å². The molecule has 0 saturated carbocycles. The monoisotopic (exact) mass is 460 g/mol. The lowest BCUT2D eigenvalue weighted by atomic mass is 10.1. The van der Waals surface area contributed by atoms with Gasteiger partial charge in [0.25, 0.3) is 0 Å². The summed E-state index contributed by atoms with van der Waals surface area (Å²) in [6.07, 6.45) is 28.9. The average Bonchev–Trinajstić information content (AvgIpc) is 2.71. The first-order valence-corrected chi connectivity index (χ1v) is 14.1. The van der Waals surface area contributed by atoms with Crippen LogP contribution in [0.1, 0.15) is 142 Å². The molecule has 0 fully saturated rings. The van der Waals surface area contributed by atoms with E-state index in [4.69, 9.17) is 0 Å². The molecule has 192 valence electrons. The van der Waals surface area contributed by atoms with Gasteiger partial charge >= 0.3 is 0 Å². The Labute approximate surface area is 206 Å². The van der Waals surface area contributed by atoms with Crippen molar-refractivity contribution in [2.75, 3.05) is 41.3 Å². The molecule has 0 radical (unpaired) electrons. The third-order valence-corrected chi connectivity index (χ3v) is 6.06. The molecule has 2 N–H and O–H groups in total. The van der Waals surface area contributed by atoms with Crippen molar-refractivity contribution in [3.63, 3.8) is 0 Å². The molecule has 0 saturated heterocycles. The Morgan fingerprint density at radius 3 is 0.710 bits per heavy atom. The van der Waals surface area contributed by atoms with Crippen molar-refractivity contribution in [1.29, 1.82) is 0 Å². The van der Waals surface area contributed by atoms with Crippen molar-refractivity contribution in [2.24, 2.45) is 0 Å². The summed E-state index contributed by atoms with van der Waals surface area (Å²) in [5.74, 6) is 0. The summed E-state index contributed by atoms with van der Waals surface area (Å²) in [7, 11) is 8.98. The topological polar surface area (TPSA) is 8.88 Å². The largest absolute Gasteiger partial charge is 2.00 e. The highest BCUT2D eigenvalue weighted by molar-refractivity contribution is 7.37. The zero-order chi connectivity index (χ0) is 22.7. The maximum atomic E-state index is 2.28. The van der Waals surface area contributed by atoms with Gasteiger partial charge in [0, 0.05) is 0 Å². The lowest BCUT2D eigenvalue weighted by molar-refractivity contribution is -0.858. The summed E-state index contributed by atoms with van der Waals surface area (Å²) < 4.78 is 0. The molecule has 0 aliphatic heterocycles. The maximum Gasteiger partial charge on any atom is 0.0766 e. The summed E-state index contributed by atoms with van der Waals surface area (Å²) >= 11 is 0. The van der Waals surface area contributed by atoms with Crippen LogP contribution in [0.3, 0.4) is 0 Å². The molecule has 0 spiro atoms. The van der Waals surface area contributed by atoms with Gasteiger partial charge in [-0.05, 0) is 25.7 Å². The molecule has 0 aromatic carbocycles. The number of rotatable bonds is 22. The summed E-state index contributed by atoms with van der Waals surface area (Å²) in [6.45, 7) is 7.26. The van der Waals surface area contributed by atoms with E-state index >= 15 is 0 Å². The Balaban J connectivity index is -0.000000490. The van der Waals surface area contributed by atoms with Crippen molar-refractivity contribution >= 4 is 13.5 Å². The first kappa shape index (κ1) is 35.9. The quantitative estimate of drug-likeness (QED) is 0.181. The van der Waals surface area contributed by atoms with E-state index in [1.807, 2.05) is 0 Å². The zero-order valence-electron chi connectivity index (χ0n) is 23.0. The van der Waals surface area contributed by atoms with E-state index in [0.29, 0.717) is 0 Å². The van der Waals surface area contributed by atoms with E-state index in [-0.39, 0.29) is 13.5 Å². The van der Waals surface area contributed by atoms with Crippen molar-refractivity contribution < 1.29 is 9.80 Å². The van der Waals surface area contributed by atoms with Gasteiger partial charge in [0.2, 0.25) is 0 Å². The Morgan fingerprint density at radius 2 is 0.516 bits per heavy atom. The molecule has 0 atom stereocenters. The fourth-order valence-corrected chi connectivity index (χ4v) is 3.93. The Morgan fingerprint density at radius 1 is 0.323 bits per heavy atom. The molecule has 0 aliphatic rings. The minimum absolute atomic E-state index is 0. The fraction of sp³-hybridized carbons (Fsp3) is 1.00. The summed E-state index contributed by atoms with van der Waals surface area (Å²) in [4.78, 5) is 3.18. The van der Waals surface area contributed by atoms with Gasteiger partial charge in [0.05, 0.1) is 41.3 Å². The van der Waals surface area contributed by atoms with Crippen LogP contribution in [0.2, 0.25) is 0 Å². The SMILES string of the molecule is CCCCCCCCCCCC[NH+](C)C.CCCCCCCCCCCC[NH+](C)C.[S-2]. The lowest BCUT2D eigenvalue weighted by Crippen LogP contribution is -3.05. The molecule has 0 amide bonds. The number of hydrogen-bond donors (Lipinski definition) is 2. The molecule has 0 aliphatic carbocycles. The zero-order valence-corrected chi connectivity index (χ0v) is 23.8. The molecule has 31 heavy (non-hydrogen) atoms. The van der Waals surface area contributed by atoms with Gasteiger partial charge in [-0.2, -0.15) is 0 Å². The van der Waals surface area contributed by atoms with Gasteiger partial charge in [-0.3, -0.25) is 0 Å². The molecule has 0 aromatic rings. The van der Waals surface area contributed by atoms with Crippen molar-refractivity contribution in [1.82, 2.24) is 0 Å². The minimum Gasteiger partial charge on any atom is -2.00 e. The first-order chi connectivity index (χ1) is 14.5. The van der Waals surface area contributed by atoms with Gasteiger partial charge < -0.3 is 23.3 Å². The molecular weight excluding hydrogens is 396 g/mol. The maximum absolute atomic E-state index is 2.28. The second-order valence-electron chi connectivity index (χ2n) is 10.3. The van der Waals surface area contributed by atoms with E-state index in [9.17, 15) is 0 Å². The first-order valence-electron chi connectivity index (χ1n) is 14.1. The Hall–Kier alpha value is 0.270. The summed E-state index contributed by atoms with van der Waals surface area (Å²) in [6, 6.07) is 0. The molecule has 0 heterocycles. The fourth-order valence-electron chi connectivity index (χ4n) is 3.93. The number of hydrogen-bond acceptors (Lipinski definition) is 0. The molecular formula is C28H64N2S. The van der Waals surface area contributed by atoms with Crippen LogP contribution < -0.4 is 9.80 Å². The third kappa shape index (κ3) is 41.1. The van der Waals surface area contributed by atoms with Crippen molar-refractivity contribution in [3.8, 4) is 0 Å². The van der Waals surface area contributed by atoms with E-state index in [2.05, 4.69) is 42.0 Å². The van der Waals surface area contributed by atoms with Crippen molar-refractivity contribution in [3.05, 3.63) is 0 Å². The minimum atomic E-state index is 0. The van der Waals surface area contributed by atoms with Crippen LogP contribution in [-0.4, -0.2) is 41.3 Å².